The van der Waals surface area contributed by atoms with Crippen molar-refractivity contribution in [2.45, 2.75) is 11.4 Å². The van der Waals surface area contributed by atoms with Crippen LogP contribution in [0, 0.1) is 10.1 Å². The van der Waals surface area contributed by atoms with Crippen LogP contribution < -0.4 is 4.18 Å². The van der Waals surface area contributed by atoms with Crippen molar-refractivity contribution in [2.75, 3.05) is 21.1 Å². The average molecular weight is 351 g/mol. The highest BCUT2D eigenvalue weighted by Crippen LogP contribution is 2.22. The molecule has 0 spiro atoms. The van der Waals surface area contributed by atoms with Gasteiger partial charge in [-0.05, 0) is 24.3 Å². The molecule has 2 aromatic rings. The second kappa shape index (κ2) is 6.58. The van der Waals surface area contributed by atoms with E-state index < -0.39 is 15.0 Å². The predicted molar refractivity (Wildman–Crippen MR) is 89.1 cm³/mol. The Bertz CT molecular complexity index is 822. The van der Waals surface area contributed by atoms with Crippen molar-refractivity contribution in [2.24, 2.45) is 0 Å². The van der Waals surface area contributed by atoms with Crippen molar-refractivity contribution in [1.29, 1.82) is 0 Å². The van der Waals surface area contributed by atoms with Crippen LogP contribution in [0.25, 0.3) is 0 Å². The molecule has 7 nitrogen and oxygen atoms in total. The minimum Gasteiger partial charge on any atom is -0.379 e. The van der Waals surface area contributed by atoms with E-state index in [4.69, 9.17) is 4.18 Å². The molecule has 0 aliphatic heterocycles. The maximum absolute atomic E-state index is 12.3. The van der Waals surface area contributed by atoms with Gasteiger partial charge < -0.3 is 8.67 Å². The normalized spacial score (nSPS) is 12.0. The van der Waals surface area contributed by atoms with Crippen LogP contribution in [0.4, 0.5) is 5.69 Å². The number of quaternary nitrogens is 1. The van der Waals surface area contributed by atoms with E-state index in [-0.39, 0.29) is 16.3 Å². The first-order chi connectivity index (χ1) is 11.1. The van der Waals surface area contributed by atoms with Crippen molar-refractivity contribution in [3.05, 3.63) is 64.2 Å². The number of nitro groups is 1. The highest BCUT2D eigenvalue weighted by atomic mass is 32.2. The highest BCUT2D eigenvalue weighted by Gasteiger charge is 2.18. The molecule has 0 saturated carbocycles. The molecule has 0 aliphatic rings. The lowest BCUT2D eigenvalue weighted by Gasteiger charge is -2.23. The van der Waals surface area contributed by atoms with Gasteiger partial charge >= 0.3 is 10.1 Å². The predicted octanol–water partition coefficient (Wildman–Crippen LogP) is 2.57. The van der Waals surface area contributed by atoms with E-state index in [1.165, 1.54) is 36.4 Å². The van der Waals surface area contributed by atoms with E-state index in [1.54, 1.807) is 12.1 Å². The second-order valence-corrected chi connectivity index (χ2v) is 7.93. The molecular formula is C16H19N2O5S+. The lowest BCUT2D eigenvalue weighted by Crippen LogP contribution is -2.33. The molecule has 0 aliphatic carbocycles. The van der Waals surface area contributed by atoms with Gasteiger partial charge in [0.15, 0.2) is 0 Å². The fraction of sp³-hybridized carbons (Fsp3) is 0.250. The molecule has 2 aromatic carbocycles. The van der Waals surface area contributed by atoms with Crippen molar-refractivity contribution in [1.82, 2.24) is 0 Å². The van der Waals surface area contributed by atoms with Crippen LogP contribution in [0.3, 0.4) is 0 Å². The first kappa shape index (κ1) is 17.9. The molecule has 2 rings (SSSR count). The summed E-state index contributed by atoms with van der Waals surface area (Å²) in [6.07, 6.45) is 0. The summed E-state index contributed by atoms with van der Waals surface area (Å²) >= 11 is 0. The van der Waals surface area contributed by atoms with Gasteiger partial charge in [0.25, 0.3) is 5.69 Å². The molecular weight excluding hydrogens is 332 g/mol. The third kappa shape index (κ3) is 4.77. The van der Waals surface area contributed by atoms with Gasteiger partial charge in [0.05, 0.1) is 26.1 Å². The molecule has 8 heteroatoms. The van der Waals surface area contributed by atoms with Crippen molar-refractivity contribution in [3.8, 4) is 5.75 Å². The molecule has 0 amide bonds. The first-order valence-corrected chi connectivity index (χ1v) is 8.56. The Morgan fingerprint density at radius 1 is 1.00 bits per heavy atom. The topological polar surface area (TPSA) is 86.5 Å². The fourth-order valence-electron chi connectivity index (χ4n) is 2.11. The summed E-state index contributed by atoms with van der Waals surface area (Å²) in [5, 5.41) is 10.6. The van der Waals surface area contributed by atoms with E-state index in [9.17, 15) is 18.5 Å². The van der Waals surface area contributed by atoms with Crippen molar-refractivity contribution in [3.63, 3.8) is 0 Å². The minimum atomic E-state index is -3.98. The second-order valence-electron chi connectivity index (χ2n) is 6.38. The number of nitrogens with zero attached hydrogens (tertiary/aromatic N) is 2. The fourth-order valence-corrected chi connectivity index (χ4v) is 3.04. The summed E-state index contributed by atoms with van der Waals surface area (Å²) in [4.78, 5) is 10.1. The lowest BCUT2D eigenvalue weighted by atomic mass is 10.2. The molecule has 0 fully saturated rings. The van der Waals surface area contributed by atoms with Gasteiger partial charge in [0.2, 0.25) is 0 Å². The zero-order valence-corrected chi connectivity index (χ0v) is 14.5. The summed E-state index contributed by atoms with van der Waals surface area (Å²) < 4.78 is 30.3. The average Bonchev–Trinajstić information content (AvgIpc) is 2.46. The summed E-state index contributed by atoms with van der Waals surface area (Å²) in [7, 11) is 2.15. The number of nitro benzene ring substituents is 1. The number of benzene rings is 2. The van der Waals surface area contributed by atoms with Crippen LogP contribution >= 0.6 is 0 Å². The van der Waals surface area contributed by atoms with Gasteiger partial charge in [-0.3, -0.25) is 10.1 Å². The quantitative estimate of drug-likeness (QED) is 0.345. The Morgan fingerprint density at radius 3 is 2.00 bits per heavy atom. The monoisotopic (exact) mass is 351 g/mol. The number of non-ortho nitro benzene ring substituents is 1. The molecule has 24 heavy (non-hydrogen) atoms. The molecule has 0 heterocycles. The Kier molecular flexibility index (Phi) is 4.91. The third-order valence-electron chi connectivity index (χ3n) is 3.12. The van der Waals surface area contributed by atoms with Crippen LogP contribution in [-0.4, -0.2) is 39.0 Å². The zero-order valence-electron chi connectivity index (χ0n) is 13.7. The van der Waals surface area contributed by atoms with E-state index >= 15 is 0 Å². The van der Waals surface area contributed by atoms with Crippen LogP contribution in [0.2, 0.25) is 0 Å². The highest BCUT2D eigenvalue weighted by molar-refractivity contribution is 7.87. The maximum atomic E-state index is 12.3. The van der Waals surface area contributed by atoms with Crippen LogP contribution in [0.5, 0.6) is 5.75 Å². The summed E-state index contributed by atoms with van der Waals surface area (Å²) in [6, 6.07) is 11.4. The van der Waals surface area contributed by atoms with E-state index in [2.05, 4.69) is 0 Å². The Labute approximate surface area is 141 Å². The van der Waals surface area contributed by atoms with Gasteiger partial charge in [-0.2, -0.15) is 8.42 Å². The minimum absolute atomic E-state index is 0.0241. The summed E-state index contributed by atoms with van der Waals surface area (Å²) in [5.41, 5.74) is 0.876. The Balaban J connectivity index is 2.16. The smallest absolute Gasteiger partial charge is 0.339 e. The lowest BCUT2D eigenvalue weighted by molar-refractivity contribution is -0.884. The standard InChI is InChI=1S/C16H19N2O5S/c1-18(2,3)12-13-4-10-16(11-5-13)24(21,22)23-15-8-6-14(7-9-15)17(19)20/h4-11H,12H2,1-3H3/q+1. The molecule has 0 unspecified atom stereocenters. The molecule has 0 atom stereocenters. The van der Waals surface area contributed by atoms with E-state index in [0.29, 0.717) is 0 Å². The SMILES string of the molecule is C[N+](C)(C)Cc1ccc(S(=O)(=O)Oc2ccc([N+](=O)[O-])cc2)cc1. The molecule has 128 valence electrons. The number of rotatable bonds is 6. The molecule has 0 radical (unpaired) electrons. The molecule has 0 bridgehead atoms. The van der Waals surface area contributed by atoms with Gasteiger partial charge in [0, 0.05) is 17.7 Å². The Hall–Kier alpha value is -2.45. The van der Waals surface area contributed by atoms with Gasteiger partial charge in [-0.25, -0.2) is 0 Å². The molecule has 0 saturated heterocycles. The van der Waals surface area contributed by atoms with Crippen LogP contribution in [0.1, 0.15) is 5.56 Å². The zero-order chi connectivity index (χ0) is 18.0. The van der Waals surface area contributed by atoms with Crippen LogP contribution in [0.15, 0.2) is 53.4 Å². The first-order valence-electron chi connectivity index (χ1n) is 7.15. The number of hydrogen-bond donors (Lipinski definition) is 0. The van der Waals surface area contributed by atoms with Gasteiger partial charge in [-0.1, -0.05) is 12.1 Å². The van der Waals surface area contributed by atoms with Crippen LogP contribution in [-0.2, 0) is 16.7 Å². The third-order valence-corrected chi connectivity index (χ3v) is 4.38. The van der Waals surface area contributed by atoms with Crippen molar-refractivity contribution >= 4 is 15.8 Å². The number of hydrogen-bond acceptors (Lipinski definition) is 5. The Morgan fingerprint density at radius 2 is 1.54 bits per heavy atom. The summed E-state index contributed by atoms with van der Waals surface area (Å²) in [6.45, 7) is 0.767. The van der Waals surface area contributed by atoms with Crippen molar-refractivity contribution < 1.29 is 22.0 Å². The van der Waals surface area contributed by atoms with E-state index in [1.807, 2.05) is 21.1 Å². The maximum Gasteiger partial charge on any atom is 0.339 e. The molecule has 0 N–H and O–H groups in total. The van der Waals surface area contributed by atoms with Gasteiger partial charge in [-0.15, -0.1) is 0 Å². The van der Waals surface area contributed by atoms with Gasteiger partial charge in [0.1, 0.15) is 17.2 Å². The summed E-state index contributed by atoms with van der Waals surface area (Å²) in [5.74, 6) is 0.0241. The van der Waals surface area contributed by atoms with E-state index in [0.717, 1.165) is 16.6 Å². The molecule has 0 aromatic heterocycles. The largest absolute Gasteiger partial charge is 0.379 e.